The Kier molecular flexibility index (Phi) is 4.56. The highest BCUT2D eigenvalue weighted by Crippen LogP contribution is 2.32. The molecular formula is C20H22N4O2. The highest BCUT2D eigenvalue weighted by molar-refractivity contribution is 5.85. The molecule has 3 aromatic rings. The number of amides is 2. The largest absolute Gasteiger partial charge is 0.359 e. The van der Waals surface area contributed by atoms with Crippen molar-refractivity contribution in [2.75, 3.05) is 13.1 Å². The fourth-order valence-electron chi connectivity index (χ4n) is 3.67. The van der Waals surface area contributed by atoms with E-state index >= 15 is 0 Å². The zero-order valence-electron chi connectivity index (χ0n) is 14.8. The van der Waals surface area contributed by atoms with E-state index in [9.17, 15) is 4.79 Å². The van der Waals surface area contributed by atoms with Gasteiger partial charge in [-0.2, -0.15) is 0 Å². The van der Waals surface area contributed by atoms with Crippen molar-refractivity contribution in [3.05, 3.63) is 59.7 Å². The number of nitrogens with zero attached hydrogens (tertiary/aromatic N) is 3. The maximum Gasteiger partial charge on any atom is 0.317 e. The number of fused-ring (bicyclic) bond motifs is 1. The van der Waals surface area contributed by atoms with Gasteiger partial charge in [0.1, 0.15) is 0 Å². The molecule has 1 fully saturated rings. The Hall–Kier alpha value is -2.89. The number of carbonyl (C=O) groups excluding carboxylic acids is 1. The summed E-state index contributed by atoms with van der Waals surface area (Å²) >= 11 is 0. The predicted octanol–water partition coefficient (Wildman–Crippen LogP) is 3.62. The first-order valence-corrected chi connectivity index (χ1v) is 8.98. The van der Waals surface area contributed by atoms with Crippen molar-refractivity contribution >= 4 is 16.8 Å². The summed E-state index contributed by atoms with van der Waals surface area (Å²) in [5.74, 6) is 1.15. The Bertz CT molecular complexity index is 908. The van der Waals surface area contributed by atoms with Gasteiger partial charge in [0, 0.05) is 36.9 Å². The van der Waals surface area contributed by atoms with Crippen LogP contribution in [0, 0.1) is 6.92 Å². The van der Waals surface area contributed by atoms with Crippen molar-refractivity contribution in [3.8, 4) is 0 Å². The van der Waals surface area contributed by atoms with Crippen molar-refractivity contribution in [2.24, 2.45) is 0 Å². The number of pyridine rings is 1. The van der Waals surface area contributed by atoms with Gasteiger partial charge in [0.2, 0.25) is 0 Å². The first kappa shape index (κ1) is 16.6. The van der Waals surface area contributed by atoms with E-state index in [-0.39, 0.29) is 6.03 Å². The molecule has 1 aromatic carbocycles. The fourth-order valence-corrected chi connectivity index (χ4v) is 3.67. The summed E-state index contributed by atoms with van der Waals surface area (Å²) in [6.07, 6.45) is 5.69. The van der Waals surface area contributed by atoms with E-state index in [1.54, 1.807) is 0 Å². The van der Waals surface area contributed by atoms with E-state index in [1.165, 1.54) is 16.3 Å². The molecular weight excluding hydrogens is 328 g/mol. The molecule has 26 heavy (non-hydrogen) atoms. The summed E-state index contributed by atoms with van der Waals surface area (Å²) in [5, 5.41) is 9.19. The molecule has 0 aliphatic carbocycles. The van der Waals surface area contributed by atoms with E-state index in [1.807, 2.05) is 30.3 Å². The molecule has 0 atom stereocenters. The molecule has 0 unspecified atom stereocenters. The molecule has 0 saturated carbocycles. The molecule has 0 bridgehead atoms. The lowest BCUT2D eigenvalue weighted by atomic mass is 9.87. The first-order valence-electron chi connectivity index (χ1n) is 8.98. The van der Waals surface area contributed by atoms with Crippen LogP contribution in [0.3, 0.4) is 0 Å². The number of likely N-dealkylation sites (tertiary alicyclic amines) is 1. The summed E-state index contributed by atoms with van der Waals surface area (Å²) in [6.45, 7) is 3.75. The van der Waals surface area contributed by atoms with Crippen molar-refractivity contribution in [2.45, 2.75) is 32.2 Å². The van der Waals surface area contributed by atoms with E-state index in [4.69, 9.17) is 4.52 Å². The zero-order valence-corrected chi connectivity index (χ0v) is 14.8. The van der Waals surface area contributed by atoms with Gasteiger partial charge in [-0.25, -0.2) is 4.79 Å². The number of aryl methyl sites for hydroxylation is 1. The van der Waals surface area contributed by atoms with Crippen LogP contribution in [0.25, 0.3) is 10.8 Å². The van der Waals surface area contributed by atoms with Gasteiger partial charge in [0.25, 0.3) is 0 Å². The molecule has 134 valence electrons. The van der Waals surface area contributed by atoms with E-state index in [2.05, 4.69) is 39.7 Å². The van der Waals surface area contributed by atoms with Crippen LogP contribution in [-0.2, 0) is 6.54 Å². The van der Waals surface area contributed by atoms with Crippen molar-refractivity contribution in [1.29, 1.82) is 0 Å². The average molecular weight is 350 g/mol. The number of piperidine rings is 1. The Morgan fingerprint density at radius 2 is 2.15 bits per heavy atom. The van der Waals surface area contributed by atoms with Crippen LogP contribution in [0.4, 0.5) is 4.79 Å². The highest BCUT2D eigenvalue weighted by Gasteiger charge is 2.24. The molecule has 1 saturated heterocycles. The third-order valence-electron chi connectivity index (χ3n) is 5.03. The SMILES string of the molecule is Cc1cc(CNC(=O)N2CCC(c3cccc4cnccc34)CC2)on1. The standard InChI is InChI=1S/C20H22N4O2/c1-14-11-17(26-23-14)13-22-20(25)24-9-6-15(7-10-24)18-4-2-3-16-12-21-8-5-19(16)18/h2-5,8,11-12,15H,6-7,9-10,13H2,1H3,(H,22,25). The Labute approximate surface area is 152 Å². The number of nitrogens with one attached hydrogen (secondary N) is 1. The Morgan fingerprint density at radius 1 is 1.31 bits per heavy atom. The van der Waals surface area contributed by atoms with E-state index in [0.717, 1.165) is 31.6 Å². The number of urea groups is 1. The maximum absolute atomic E-state index is 12.4. The molecule has 6 heteroatoms. The van der Waals surface area contributed by atoms with E-state index in [0.29, 0.717) is 18.2 Å². The van der Waals surface area contributed by atoms with Gasteiger partial charge in [-0.3, -0.25) is 4.98 Å². The first-order chi connectivity index (χ1) is 12.7. The molecule has 0 radical (unpaired) electrons. The van der Waals surface area contributed by atoms with Crippen LogP contribution < -0.4 is 5.32 Å². The Balaban J connectivity index is 1.37. The third-order valence-corrected chi connectivity index (χ3v) is 5.03. The minimum atomic E-state index is -0.0420. The second-order valence-corrected chi connectivity index (χ2v) is 6.80. The van der Waals surface area contributed by atoms with Crippen LogP contribution in [0.5, 0.6) is 0 Å². The van der Waals surface area contributed by atoms with Gasteiger partial charge in [-0.1, -0.05) is 23.4 Å². The molecule has 4 rings (SSSR count). The third kappa shape index (κ3) is 3.40. The van der Waals surface area contributed by atoms with Gasteiger partial charge < -0.3 is 14.7 Å². The van der Waals surface area contributed by atoms with E-state index < -0.39 is 0 Å². The van der Waals surface area contributed by atoms with Crippen LogP contribution in [0.1, 0.15) is 35.8 Å². The zero-order chi connectivity index (χ0) is 17.9. The summed E-state index contributed by atoms with van der Waals surface area (Å²) in [7, 11) is 0. The monoisotopic (exact) mass is 350 g/mol. The van der Waals surface area contributed by atoms with Gasteiger partial charge in [0.05, 0.1) is 12.2 Å². The number of carbonyl (C=O) groups is 1. The smallest absolute Gasteiger partial charge is 0.317 e. The van der Waals surface area contributed by atoms with Crippen LogP contribution in [0.2, 0.25) is 0 Å². The topological polar surface area (TPSA) is 71.3 Å². The molecule has 6 nitrogen and oxygen atoms in total. The second kappa shape index (κ2) is 7.15. The van der Waals surface area contributed by atoms with Gasteiger partial charge in [-0.05, 0) is 42.7 Å². The number of rotatable bonds is 3. The van der Waals surface area contributed by atoms with Crippen molar-refractivity contribution < 1.29 is 9.32 Å². The molecule has 0 spiro atoms. The Morgan fingerprint density at radius 3 is 2.92 bits per heavy atom. The summed E-state index contributed by atoms with van der Waals surface area (Å²) in [5.41, 5.74) is 2.18. The number of aromatic nitrogens is 2. The highest BCUT2D eigenvalue weighted by atomic mass is 16.5. The molecule has 1 aliphatic heterocycles. The number of hydrogen-bond donors (Lipinski definition) is 1. The lowest BCUT2D eigenvalue weighted by molar-refractivity contribution is 0.180. The molecule has 2 aromatic heterocycles. The lowest BCUT2D eigenvalue weighted by Crippen LogP contribution is -2.43. The van der Waals surface area contributed by atoms with Gasteiger partial charge in [-0.15, -0.1) is 0 Å². The maximum atomic E-state index is 12.4. The van der Waals surface area contributed by atoms with Crippen LogP contribution in [-0.4, -0.2) is 34.2 Å². The molecule has 3 heterocycles. The lowest BCUT2D eigenvalue weighted by Gasteiger charge is -2.32. The van der Waals surface area contributed by atoms with Crippen LogP contribution in [0.15, 0.2) is 47.2 Å². The molecule has 1 aliphatic rings. The number of hydrogen-bond acceptors (Lipinski definition) is 4. The minimum absolute atomic E-state index is 0.0420. The summed E-state index contributed by atoms with van der Waals surface area (Å²) in [6, 6.07) is 10.3. The van der Waals surface area contributed by atoms with Crippen molar-refractivity contribution in [3.63, 3.8) is 0 Å². The number of benzene rings is 1. The quantitative estimate of drug-likeness (QED) is 0.783. The van der Waals surface area contributed by atoms with Gasteiger partial charge >= 0.3 is 6.03 Å². The summed E-state index contributed by atoms with van der Waals surface area (Å²) < 4.78 is 5.13. The summed E-state index contributed by atoms with van der Waals surface area (Å²) in [4.78, 5) is 18.5. The second-order valence-electron chi connectivity index (χ2n) is 6.80. The fraction of sp³-hybridized carbons (Fsp3) is 0.350. The minimum Gasteiger partial charge on any atom is -0.359 e. The molecule has 2 amide bonds. The van der Waals surface area contributed by atoms with Gasteiger partial charge in [0.15, 0.2) is 5.76 Å². The average Bonchev–Trinajstić information content (AvgIpc) is 3.11. The van der Waals surface area contributed by atoms with Crippen molar-refractivity contribution in [1.82, 2.24) is 20.4 Å². The normalized spacial score (nSPS) is 15.3. The predicted molar refractivity (Wildman–Crippen MR) is 98.8 cm³/mol. The van der Waals surface area contributed by atoms with Crippen LogP contribution >= 0.6 is 0 Å². The molecule has 1 N–H and O–H groups in total.